The molecule has 8 heteroatoms. The molecule has 160 valence electrons. The molecule has 0 bridgehead atoms. The Morgan fingerprint density at radius 2 is 1.80 bits per heavy atom. The van der Waals surface area contributed by atoms with Gasteiger partial charge in [0, 0.05) is 37.7 Å². The van der Waals surface area contributed by atoms with E-state index in [1.807, 2.05) is 31.7 Å². The van der Waals surface area contributed by atoms with Gasteiger partial charge in [-0.1, -0.05) is 20.8 Å². The molecule has 3 rings (SSSR count). The fourth-order valence-corrected chi connectivity index (χ4v) is 3.15. The molecule has 1 aromatic carbocycles. The molecule has 2 amide bonds. The predicted molar refractivity (Wildman–Crippen MR) is 111 cm³/mol. The van der Waals surface area contributed by atoms with Gasteiger partial charge in [0.2, 0.25) is 5.91 Å². The zero-order chi connectivity index (χ0) is 21.9. The highest BCUT2D eigenvalue weighted by Gasteiger charge is 2.24. The molecular weight excluding hydrogens is 390 g/mol. The van der Waals surface area contributed by atoms with Crippen molar-refractivity contribution in [2.75, 3.05) is 36.4 Å². The summed E-state index contributed by atoms with van der Waals surface area (Å²) >= 11 is 0. The van der Waals surface area contributed by atoms with Crippen LogP contribution in [0, 0.1) is 17.0 Å². The number of hydrogen-bond acceptors (Lipinski definition) is 4. The van der Waals surface area contributed by atoms with Crippen LogP contribution in [0.15, 0.2) is 36.5 Å². The summed E-state index contributed by atoms with van der Waals surface area (Å²) in [5.41, 5.74) is 0.00250. The second-order valence-electron chi connectivity index (χ2n) is 8.37. The van der Waals surface area contributed by atoms with Crippen molar-refractivity contribution >= 4 is 23.3 Å². The number of hydrogen-bond donors (Lipinski definition) is 1. The summed E-state index contributed by atoms with van der Waals surface area (Å²) in [5, 5.41) is 2.84. The third-order valence-corrected chi connectivity index (χ3v) is 4.96. The van der Waals surface area contributed by atoms with Gasteiger partial charge >= 0.3 is 0 Å². The van der Waals surface area contributed by atoms with Gasteiger partial charge in [0.25, 0.3) is 5.91 Å². The number of amides is 2. The van der Waals surface area contributed by atoms with Crippen LogP contribution >= 0.6 is 0 Å². The maximum absolute atomic E-state index is 14.0. The molecule has 0 atom stereocenters. The fraction of sp³-hybridized carbons (Fsp3) is 0.409. The van der Waals surface area contributed by atoms with Crippen molar-refractivity contribution in [3.05, 3.63) is 53.7 Å². The van der Waals surface area contributed by atoms with Gasteiger partial charge in [0.05, 0.1) is 17.4 Å². The highest BCUT2D eigenvalue weighted by molar-refractivity contribution is 5.95. The van der Waals surface area contributed by atoms with E-state index in [1.54, 1.807) is 17.2 Å². The third-order valence-electron chi connectivity index (χ3n) is 4.96. The van der Waals surface area contributed by atoms with E-state index in [1.165, 1.54) is 6.07 Å². The molecule has 30 heavy (non-hydrogen) atoms. The predicted octanol–water partition coefficient (Wildman–Crippen LogP) is 3.70. The Kier molecular flexibility index (Phi) is 6.34. The minimum atomic E-state index is -0.851. The first-order valence-electron chi connectivity index (χ1n) is 9.92. The number of carbonyl (C=O) groups is 2. The minimum Gasteiger partial charge on any atom is -0.355 e. The first kappa shape index (κ1) is 21.7. The van der Waals surface area contributed by atoms with Crippen LogP contribution in [-0.4, -0.2) is 47.9 Å². The zero-order valence-corrected chi connectivity index (χ0v) is 17.4. The number of benzene rings is 1. The highest BCUT2D eigenvalue weighted by atomic mass is 19.1. The summed E-state index contributed by atoms with van der Waals surface area (Å²) in [7, 11) is 0. The molecule has 0 saturated carbocycles. The lowest BCUT2D eigenvalue weighted by Crippen LogP contribution is -2.35. The molecule has 1 aromatic heterocycles. The Labute approximate surface area is 174 Å². The average Bonchev–Trinajstić information content (AvgIpc) is 2.94. The van der Waals surface area contributed by atoms with Crippen molar-refractivity contribution in [3.63, 3.8) is 0 Å². The molecule has 1 N–H and O–H groups in total. The highest BCUT2D eigenvalue weighted by Crippen LogP contribution is 2.20. The molecule has 2 aromatic rings. The fourth-order valence-electron chi connectivity index (χ4n) is 3.15. The van der Waals surface area contributed by atoms with E-state index in [2.05, 4.69) is 10.3 Å². The van der Waals surface area contributed by atoms with Crippen molar-refractivity contribution in [3.8, 4) is 0 Å². The Bertz CT molecular complexity index is 926. The zero-order valence-electron chi connectivity index (χ0n) is 17.4. The molecule has 0 radical (unpaired) electrons. The number of anilines is 2. The maximum Gasteiger partial charge on any atom is 0.256 e. The molecule has 6 nitrogen and oxygen atoms in total. The van der Waals surface area contributed by atoms with Gasteiger partial charge in [0.1, 0.15) is 17.5 Å². The second kappa shape index (κ2) is 8.77. The van der Waals surface area contributed by atoms with Gasteiger partial charge in [-0.25, -0.2) is 13.8 Å². The van der Waals surface area contributed by atoms with Crippen LogP contribution in [0.3, 0.4) is 0 Å². The third kappa shape index (κ3) is 5.11. The molecule has 1 saturated heterocycles. The van der Waals surface area contributed by atoms with E-state index < -0.39 is 23.0 Å². The molecule has 1 aliphatic heterocycles. The molecule has 0 unspecified atom stereocenters. The molecule has 1 aliphatic rings. The first-order valence-corrected chi connectivity index (χ1v) is 9.92. The number of halogens is 2. The Balaban J connectivity index is 1.63. The molecular formula is C22H26F2N4O2. The van der Waals surface area contributed by atoms with Crippen LogP contribution in [0.25, 0.3) is 0 Å². The number of carbonyl (C=O) groups excluding carboxylic acids is 2. The van der Waals surface area contributed by atoms with E-state index in [0.717, 1.165) is 18.0 Å². The Morgan fingerprint density at radius 1 is 1.03 bits per heavy atom. The number of nitrogens with zero attached hydrogens (tertiary/aromatic N) is 3. The number of rotatable bonds is 3. The van der Waals surface area contributed by atoms with Crippen LogP contribution < -0.4 is 10.2 Å². The SMILES string of the molecule is CC(C)(C)C(=O)Nc1ccc(N2CCCN(C(=O)c3ccc(F)cc3F)CC2)nc1. The van der Waals surface area contributed by atoms with Crippen LogP contribution in [0.1, 0.15) is 37.6 Å². The number of aromatic nitrogens is 1. The maximum atomic E-state index is 14.0. The lowest BCUT2D eigenvalue weighted by Gasteiger charge is -2.23. The van der Waals surface area contributed by atoms with Crippen LogP contribution in [-0.2, 0) is 4.79 Å². The number of pyridine rings is 1. The van der Waals surface area contributed by atoms with Gasteiger partial charge in [-0.05, 0) is 30.7 Å². The van der Waals surface area contributed by atoms with Crippen LogP contribution in [0.2, 0.25) is 0 Å². The largest absolute Gasteiger partial charge is 0.355 e. The second-order valence-corrected chi connectivity index (χ2v) is 8.37. The normalized spacial score (nSPS) is 15.0. The monoisotopic (exact) mass is 416 g/mol. The lowest BCUT2D eigenvalue weighted by atomic mass is 9.96. The first-order chi connectivity index (χ1) is 14.1. The molecule has 0 aliphatic carbocycles. The lowest BCUT2D eigenvalue weighted by molar-refractivity contribution is -0.123. The van der Waals surface area contributed by atoms with E-state index >= 15 is 0 Å². The van der Waals surface area contributed by atoms with Crippen molar-refractivity contribution < 1.29 is 18.4 Å². The van der Waals surface area contributed by atoms with E-state index in [9.17, 15) is 18.4 Å². The average molecular weight is 416 g/mol. The smallest absolute Gasteiger partial charge is 0.256 e. The van der Waals surface area contributed by atoms with Gasteiger partial charge in [-0.3, -0.25) is 9.59 Å². The summed E-state index contributed by atoms with van der Waals surface area (Å²) < 4.78 is 27.1. The summed E-state index contributed by atoms with van der Waals surface area (Å²) in [6.45, 7) is 7.63. The summed E-state index contributed by atoms with van der Waals surface area (Å²) in [5.74, 6) is -1.35. The topological polar surface area (TPSA) is 65.5 Å². The number of nitrogens with one attached hydrogen (secondary N) is 1. The summed E-state index contributed by atoms with van der Waals surface area (Å²) in [6, 6.07) is 6.62. The van der Waals surface area contributed by atoms with Crippen molar-refractivity contribution in [2.45, 2.75) is 27.2 Å². The van der Waals surface area contributed by atoms with E-state index in [-0.39, 0.29) is 11.5 Å². The van der Waals surface area contributed by atoms with Crippen LogP contribution in [0.5, 0.6) is 0 Å². The Hall–Kier alpha value is -3.03. The Morgan fingerprint density at radius 3 is 2.43 bits per heavy atom. The van der Waals surface area contributed by atoms with Crippen LogP contribution in [0.4, 0.5) is 20.3 Å². The van der Waals surface area contributed by atoms with Gasteiger partial charge in [-0.2, -0.15) is 0 Å². The van der Waals surface area contributed by atoms with Gasteiger partial charge < -0.3 is 15.1 Å². The van der Waals surface area contributed by atoms with Gasteiger partial charge in [-0.15, -0.1) is 0 Å². The summed E-state index contributed by atoms with van der Waals surface area (Å²) in [6.07, 6.45) is 2.30. The summed E-state index contributed by atoms with van der Waals surface area (Å²) in [4.78, 5) is 32.8. The minimum absolute atomic E-state index is 0.0889. The molecule has 2 heterocycles. The van der Waals surface area contributed by atoms with E-state index in [4.69, 9.17) is 0 Å². The van der Waals surface area contributed by atoms with E-state index in [0.29, 0.717) is 38.3 Å². The standard InChI is InChI=1S/C22H26F2N4O2/c1-22(2,3)21(30)26-16-6-8-19(25-14-16)27-9-4-10-28(12-11-27)20(29)17-7-5-15(23)13-18(17)24/h5-8,13-14H,4,9-12H2,1-3H3,(H,26,30). The van der Waals surface area contributed by atoms with Gasteiger partial charge in [0.15, 0.2) is 0 Å². The molecule has 1 fully saturated rings. The quantitative estimate of drug-likeness (QED) is 0.829. The van der Waals surface area contributed by atoms with Crippen molar-refractivity contribution in [1.82, 2.24) is 9.88 Å². The van der Waals surface area contributed by atoms with Crippen molar-refractivity contribution in [2.24, 2.45) is 5.41 Å². The van der Waals surface area contributed by atoms with Crippen molar-refractivity contribution in [1.29, 1.82) is 0 Å². The molecule has 0 spiro atoms.